The number of carbonyl (C=O) groups excluding carboxylic acids is 2. The number of hydrogen-bond donors (Lipinski definition) is 2. The Morgan fingerprint density at radius 2 is 1.82 bits per heavy atom. The number of carbonyl (C=O) groups is 2. The summed E-state index contributed by atoms with van der Waals surface area (Å²) in [5, 5.41) is 5.20. The summed E-state index contributed by atoms with van der Waals surface area (Å²) in [6, 6.07) is 6.40. The zero-order valence-corrected chi connectivity index (χ0v) is 10.1. The third-order valence-corrected chi connectivity index (χ3v) is 2.17. The van der Waals surface area contributed by atoms with Gasteiger partial charge in [0.1, 0.15) is 11.8 Å². The summed E-state index contributed by atoms with van der Waals surface area (Å²) < 4.78 is 5.00. The average Bonchev–Trinajstić information content (AvgIpc) is 2.29. The largest absolute Gasteiger partial charge is 0.497 e. The zero-order chi connectivity index (χ0) is 12.8. The Morgan fingerprint density at radius 1 is 1.24 bits per heavy atom. The van der Waals surface area contributed by atoms with Crippen molar-refractivity contribution in [3.8, 4) is 5.75 Å². The Kier molecular flexibility index (Phi) is 4.51. The van der Waals surface area contributed by atoms with E-state index < -0.39 is 6.04 Å². The molecular weight excluding hydrogens is 220 g/mol. The Bertz CT molecular complexity index is 401. The lowest BCUT2D eigenvalue weighted by Crippen LogP contribution is -2.40. The molecule has 1 atom stereocenters. The third kappa shape index (κ3) is 4.14. The van der Waals surface area contributed by atoms with Crippen LogP contribution in [0.25, 0.3) is 0 Å². The van der Waals surface area contributed by atoms with E-state index in [2.05, 4.69) is 10.6 Å². The van der Waals surface area contributed by atoms with E-state index >= 15 is 0 Å². The topological polar surface area (TPSA) is 67.4 Å². The molecule has 0 radical (unpaired) electrons. The summed E-state index contributed by atoms with van der Waals surface area (Å²) >= 11 is 0. The monoisotopic (exact) mass is 236 g/mol. The second-order valence-corrected chi connectivity index (χ2v) is 3.64. The molecule has 5 nitrogen and oxygen atoms in total. The molecule has 2 amide bonds. The Hall–Kier alpha value is -2.04. The van der Waals surface area contributed by atoms with Crippen LogP contribution in [-0.2, 0) is 9.59 Å². The highest BCUT2D eigenvalue weighted by molar-refractivity contribution is 5.96. The van der Waals surface area contributed by atoms with Gasteiger partial charge >= 0.3 is 0 Å². The number of benzene rings is 1. The summed E-state index contributed by atoms with van der Waals surface area (Å²) in [6.07, 6.45) is 0. The van der Waals surface area contributed by atoms with Crippen LogP contribution in [0.15, 0.2) is 24.3 Å². The van der Waals surface area contributed by atoms with Crippen molar-refractivity contribution < 1.29 is 14.3 Å². The van der Waals surface area contributed by atoms with Gasteiger partial charge in [-0.15, -0.1) is 0 Å². The molecule has 0 aliphatic heterocycles. The van der Waals surface area contributed by atoms with Crippen LogP contribution in [0.3, 0.4) is 0 Å². The van der Waals surface area contributed by atoms with E-state index in [1.807, 2.05) is 0 Å². The molecule has 17 heavy (non-hydrogen) atoms. The predicted molar refractivity (Wildman–Crippen MR) is 64.9 cm³/mol. The minimum atomic E-state index is -0.561. The van der Waals surface area contributed by atoms with Gasteiger partial charge in [-0.2, -0.15) is 0 Å². The van der Waals surface area contributed by atoms with Gasteiger partial charge in [0.25, 0.3) is 0 Å². The number of methoxy groups -OCH3 is 1. The van der Waals surface area contributed by atoms with Gasteiger partial charge in [-0.1, -0.05) is 0 Å². The second kappa shape index (κ2) is 5.89. The first-order valence-electron chi connectivity index (χ1n) is 5.25. The summed E-state index contributed by atoms with van der Waals surface area (Å²) in [5.41, 5.74) is 0.660. The van der Waals surface area contributed by atoms with Crippen molar-refractivity contribution in [3.05, 3.63) is 24.3 Å². The normalized spacial score (nSPS) is 11.5. The maximum Gasteiger partial charge on any atom is 0.246 e. The summed E-state index contributed by atoms with van der Waals surface area (Å²) in [6.45, 7) is 3.00. The zero-order valence-electron chi connectivity index (χ0n) is 10.1. The highest BCUT2D eigenvalue weighted by Gasteiger charge is 2.13. The summed E-state index contributed by atoms with van der Waals surface area (Å²) in [4.78, 5) is 22.4. The molecule has 1 aromatic rings. The van der Waals surface area contributed by atoms with Crippen LogP contribution >= 0.6 is 0 Å². The van der Waals surface area contributed by atoms with Crippen molar-refractivity contribution in [2.24, 2.45) is 0 Å². The SMILES string of the molecule is COc1ccc(NC(=O)C(C)NC(C)=O)cc1. The Morgan fingerprint density at radius 3 is 2.29 bits per heavy atom. The number of nitrogens with one attached hydrogen (secondary N) is 2. The minimum Gasteiger partial charge on any atom is -0.497 e. The van der Waals surface area contributed by atoms with Crippen LogP contribution in [0, 0.1) is 0 Å². The van der Waals surface area contributed by atoms with Crippen LogP contribution in [0.1, 0.15) is 13.8 Å². The van der Waals surface area contributed by atoms with Crippen LogP contribution in [0.2, 0.25) is 0 Å². The van der Waals surface area contributed by atoms with E-state index in [4.69, 9.17) is 4.74 Å². The minimum absolute atomic E-state index is 0.234. The molecule has 0 spiro atoms. The molecule has 1 rings (SSSR count). The van der Waals surface area contributed by atoms with Gasteiger partial charge < -0.3 is 15.4 Å². The van der Waals surface area contributed by atoms with E-state index in [9.17, 15) is 9.59 Å². The van der Waals surface area contributed by atoms with Crippen molar-refractivity contribution >= 4 is 17.5 Å². The predicted octanol–water partition coefficient (Wildman–Crippen LogP) is 1.16. The summed E-state index contributed by atoms with van der Waals surface area (Å²) in [7, 11) is 1.58. The van der Waals surface area contributed by atoms with Gasteiger partial charge in [0.2, 0.25) is 11.8 Å². The molecule has 0 aromatic heterocycles. The van der Waals surface area contributed by atoms with Gasteiger partial charge in [0, 0.05) is 12.6 Å². The maximum atomic E-state index is 11.6. The number of rotatable bonds is 4. The molecule has 0 aliphatic carbocycles. The van der Waals surface area contributed by atoms with E-state index in [0.717, 1.165) is 5.75 Å². The molecule has 0 saturated heterocycles. The quantitative estimate of drug-likeness (QED) is 0.824. The second-order valence-electron chi connectivity index (χ2n) is 3.64. The fourth-order valence-corrected chi connectivity index (χ4v) is 1.30. The van der Waals surface area contributed by atoms with Crippen molar-refractivity contribution in [3.63, 3.8) is 0 Å². The molecule has 5 heteroatoms. The van der Waals surface area contributed by atoms with Crippen LogP contribution in [0.5, 0.6) is 5.75 Å². The summed E-state index contributed by atoms with van der Waals surface area (Å²) in [5.74, 6) is 0.227. The molecule has 1 aromatic carbocycles. The maximum absolute atomic E-state index is 11.6. The standard InChI is InChI=1S/C12H16N2O3/c1-8(13-9(2)15)12(16)14-10-4-6-11(17-3)7-5-10/h4-8H,1-3H3,(H,13,15)(H,14,16). The molecule has 0 saturated carbocycles. The first kappa shape index (κ1) is 13.0. The van der Waals surface area contributed by atoms with Crippen molar-refractivity contribution in [1.29, 1.82) is 0 Å². The van der Waals surface area contributed by atoms with Gasteiger partial charge in [-0.05, 0) is 31.2 Å². The van der Waals surface area contributed by atoms with Crippen LogP contribution in [0.4, 0.5) is 5.69 Å². The van der Waals surface area contributed by atoms with E-state index in [-0.39, 0.29) is 11.8 Å². The van der Waals surface area contributed by atoms with Crippen molar-refractivity contribution in [2.75, 3.05) is 12.4 Å². The fraction of sp³-hybridized carbons (Fsp3) is 0.333. The lowest BCUT2D eigenvalue weighted by Gasteiger charge is -2.12. The van der Waals surface area contributed by atoms with E-state index in [1.54, 1.807) is 38.3 Å². The van der Waals surface area contributed by atoms with E-state index in [1.165, 1.54) is 6.92 Å². The van der Waals surface area contributed by atoms with Gasteiger partial charge in [-0.25, -0.2) is 0 Å². The molecule has 1 unspecified atom stereocenters. The molecular formula is C12H16N2O3. The van der Waals surface area contributed by atoms with E-state index in [0.29, 0.717) is 5.69 Å². The number of anilines is 1. The molecule has 0 heterocycles. The molecule has 2 N–H and O–H groups in total. The smallest absolute Gasteiger partial charge is 0.246 e. The number of hydrogen-bond acceptors (Lipinski definition) is 3. The fourth-order valence-electron chi connectivity index (χ4n) is 1.30. The molecule has 92 valence electrons. The molecule has 0 fully saturated rings. The van der Waals surface area contributed by atoms with Crippen LogP contribution < -0.4 is 15.4 Å². The number of ether oxygens (including phenoxy) is 1. The van der Waals surface area contributed by atoms with Crippen molar-refractivity contribution in [2.45, 2.75) is 19.9 Å². The average molecular weight is 236 g/mol. The number of amides is 2. The Labute approximate surface area is 100 Å². The highest BCUT2D eigenvalue weighted by Crippen LogP contribution is 2.14. The van der Waals surface area contributed by atoms with Crippen LogP contribution in [-0.4, -0.2) is 25.0 Å². The molecule has 0 bridgehead atoms. The van der Waals surface area contributed by atoms with Gasteiger partial charge in [-0.3, -0.25) is 9.59 Å². The molecule has 0 aliphatic rings. The first-order chi connectivity index (χ1) is 8.02. The van der Waals surface area contributed by atoms with Crippen molar-refractivity contribution in [1.82, 2.24) is 5.32 Å². The Balaban J connectivity index is 2.58. The lowest BCUT2D eigenvalue weighted by molar-refractivity contribution is -0.124. The third-order valence-electron chi connectivity index (χ3n) is 2.17. The lowest BCUT2D eigenvalue weighted by atomic mass is 10.2. The first-order valence-corrected chi connectivity index (χ1v) is 5.25. The van der Waals surface area contributed by atoms with Gasteiger partial charge in [0.15, 0.2) is 0 Å². The van der Waals surface area contributed by atoms with Gasteiger partial charge in [0.05, 0.1) is 7.11 Å². The highest BCUT2D eigenvalue weighted by atomic mass is 16.5.